The average molecular weight is 262 g/mol. The summed E-state index contributed by atoms with van der Waals surface area (Å²) in [6.45, 7) is 12.2. The summed E-state index contributed by atoms with van der Waals surface area (Å²) in [4.78, 5) is 18.9. The molecular formula is C15H22N2O2. The van der Waals surface area contributed by atoms with Crippen molar-refractivity contribution in [2.75, 3.05) is 4.90 Å². The van der Waals surface area contributed by atoms with Crippen LogP contribution in [0.2, 0.25) is 0 Å². The Morgan fingerprint density at radius 2 is 1.84 bits per heavy atom. The molecule has 0 fully saturated rings. The van der Waals surface area contributed by atoms with Gasteiger partial charge in [0.25, 0.3) is 0 Å². The van der Waals surface area contributed by atoms with Crippen LogP contribution < -0.4 is 4.90 Å². The first-order valence-corrected chi connectivity index (χ1v) is 6.58. The first-order chi connectivity index (χ1) is 8.62. The van der Waals surface area contributed by atoms with Crippen LogP contribution in [0.25, 0.3) is 6.08 Å². The van der Waals surface area contributed by atoms with E-state index in [2.05, 4.69) is 25.8 Å². The van der Waals surface area contributed by atoms with Gasteiger partial charge in [0, 0.05) is 5.54 Å². The first kappa shape index (κ1) is 13.8. The smallest absolute Gasteiger partial charge is 0.236 e. The molecule has 1 unspecified atom stereocenters. The highest BCUT2D eigenvalue weighted by Gasteiger charge is 2.41. The summed E-state index contributed by atoms with van der Waals surface area (Å²) in [7, 11) is 0. The summed E-state index contributed by atoms with van der Waals surface area (Å²) >= 11 is 0. The lowest BCUT2D eigenvalue weighted by molar-refractivity contribution is -0.124. The van der Waals surface area contributed by atoms with Crippen molar-refractivity contribution in [1.82, 2.24) is 4.98 Å². The van der Waals surface area contributed by atoms with Crippen LogP contribution in [-0.4, -0.2) is 16.4 Å². The van der Waals surface area contributed by atoms with E-state index in [9.17, 15) is 4.79 Å². The number of hydrogen-bond donors (Lipinski definition) is 0. The predicted molar refractivity (Wildman–Crippen MR) is 75.7 cm³/mol. The molecule has 1 amide bonds. The molecule has 0 saturated heterocycles. The number of hydrogen-bond acceptors (Lipinski definition) is 3. The molecule has 0 saturated carbocycles. The highest BCUT2D eigenvalue weighted by Crippen LogP contribution is 2.37. The Bertz CT molecular complexity index is 515. The lowest BCUT2D eigenvalue weighted by Gasteiger charge is -2.38. The second-order valence-corrected chi connectivity index (χ2v) is 7.09. The zero-order chi connectivity index (χ0) is 14.4. The van der Waals surface area contributed by atoms with Gasteiger partial charge in [-0.15, -0.1) is 0 Å². The van der Waals surface area contributed by atoms with Crippen molar-refractivity contribution >= 4 is 17.8 Å². The van der Waals surface area contributed by atoms with E-state index in [-0.39, 0.29) is 22.8 Å². The molecule has 19 heavy (non-hydrogen) atoms. The Labute approximate surface area is 114 Å². The van der Waals surface area contributed by atoms with Gasteiger partial charge in [0.15, 0.2) is 18.0 Å². The van der Waals surface area contributed by atoms with Crippen LogP contribution in [0, 0.1) is 11.3 Å². The van der Waals surface area contributed by atoms with E-state index in [1.807, 2.05) is 32.9 Å². The number of oxazole rings is 1. The first-order valence-electron chi connectivity index (χ1n) is 6.58. The van der Waals surface area contributed by atoms with Crippen molar-refractivity contribution in [3.05, 3.63) is 18.2 Å². The maximum atomic E-state index is 12.9. The molecule has 0 N–H and O–H groups in total. The monoisotopic (exact) mass is 262 g/mol. The fraction of sp³-hybridized carbons (Fsp3) is 0.600. The molecule has 1 atom stereocenters. The van der Waals surface area contributed by atoms with Crippen molar-refractivity contribution in [3.8, 4) is 0 Å². The number of nitrogens with zero attached hydrogens (tertiary/aromatic N) is 2. The van der Waals surface area contributed by atoms with Gasteiger partial charge in [-0.05, 0) is 32.3 Å². The van der Waals surface area contributed by atoms with Crippen molar-refractivity contribution in [1.29, 1.82) is 0 Å². The SMILES string of the molecule is CC(C)(C)C1C=Cc2ocnc2N(C(C)(C)C)C1=O. The third-order valence-electron chi connectivity index (χ3n) is 3.32. The molecule has 1 aliphatic heterocycles. The molecule has 1 aromatic rings. The molecule has 4 nitrogen and oxygen atoms in total. The Kier molecular flexibility index (Phi) is 3.07. The van der Waals surface area contributed by atoms with E-state index in [4.69, 9.17) is 4.42 Å². The van der Waals surface area contributed by atoms with Crippen molar-refractivity contribution in [2.45, 2.75) is 47.1 Å². The van der Waals surface area contributed by atoms with Crippen LogP contribution in [0.15, 0.2) is 16.9 Å². The molecule has 2 rings (SSSR count). The molecule has 1 aliphatic rings. The summed E-state index contributed by atoms with van der Waals surface area (Å²) in [6.07, 6.45) is 5.18. The minimum Gasteiger partial charge on any atom is -0.442 e. The van der Waals surface area contributed by atoms with Crippen LogP contribution in [0.5, 0.6) is 0 Å². The molecular weight excluding hydrogens is 240 g/mol. The van der Waals surface area contributed by atoms with E-state index in [1.54, 1.807) is 4.90 Å². The zero-order valence-corrected chi connectivity index (χ0v) is 12.5. The normalized spacial score (nSPS) is 20.4. The second-order valence-electron chi connectivity index (χ2n) is 7.09. The van der Waals surface area contributed by atoms with Gasteiger partial charge in [-0.2, -0.15) is 4.98 Å². The van der Waals surface area contributed by atoms with Crippen molar-refractivity contribution in [2.24, 2.45) is 11.3 Å². The summed E-state index contributed by atoms with van der Waals surface area (Å²) in [5, 5.41) is 0. The van der Waals surface area contributed by atoms with E-state index in [0.717, 1.165) is 0 Å². The van der Waals surface area contributed by atoms with Crippen LogP contribution in [0.1, 0.15) is 47.3 Å². The quantitative estimate of drug-likeness (QED) is 0.719. The number of aromatic nitrogens is 1. The van der Waals surface area contributed by atoms with E-state index < -0.39 is 0 Å². The van der Waals surface area contributed by atoms with Gasteiger partial charge in [0.05, 0.1) is 5.92 Å². The summed E-state index contributed by atoms with van der Waals surface area (Å²) in [5.74, 6) is 1.15. The molecule has 0 radical (unpaired) electrons. The number of amides is 1. The van der Waals surface area contributed by atoms with Gasteiger partial charge in [-0.1, -0.05) is 26.8 Å². The van der Waals surface area contributed by atoms with Crippen LogP contribution >= 0.6 is 0 Å². The number of anilines is 1. The molecule has 4 heteroatoms. The van der Waals surface area contributed by atoms with E-state index in [1.165, 1.54) is 6.39 Å². The number of carbonyl (C=O) groups is 1. The lowest BCUT2D eigenvalue weighted by Crippen LogP contribution is -2.50. The third-order valence-corrected chi connectivity index (χ3v) is 3.32. The molecule has 0 aliphatic carbocycles. The van der Waals surface area contributed by atoms with Crippen LogP contribution in [-0.2, 0) is 4.79 Å². The fourth-order valence-corrected chi connectivity index (χ4v) is 2.35. The highest BCUT2D eigenvalue weighted by molar-refractivity contribution is 6.00. The highest BCUT2D eigenvalue weighted by atomic mass is 16.3. The Morgan fingerprint density at radius 3 is 2.37 bits per heavy atom. The van der Waals surface area contributed by atoms with Crippen LogP contribution in [0.3, 0.4) is 0 Å². The summed E-state index contributed by atoms with van der Waals surface area (Å²) in [6, 6.07) is 0. The number of fused-ring (bicyclic) bond motifs is 1. The van der Waals surface area contributed by atoms with Gasteiger partial charge >= 0.3 is 0 Å². The molecule has 0 aromatic carbocycles. The Balaban J connectivity index is 2.57. The predicted octanol–water partition coefficient (Wildman–Crippen LogP) is 3.50. The number of rotatable bonds is 0. The molecule has 2 heterocycles. The Morgan fingerprint density at radius 1 is 1.21 bits per heavy atom. The van der Waals surface area contributed by atoms with Gasteiger partial charge < -0.3 is 4.42 Å². The van der Waals surface area contributed by atoms with Crippen molar-refractivity contribution < 1.29 is 9.21 Å². The van der Waals surface area contributed by atoms with E-state index >= 15 is 0 Å². The van der Waals surface area contributed by atoms with Gasteiger partial charge in [-0.25, -0.2) is 0 Å². The maximum Gasteiger partial charge on any atom is 0.236 e. The van der Waals surface area contributed by atoms with Gasteiger partial charge in [-0.3, -0.25) is 9.69 Å². The fourth-order valence-electron chi connectivity index (χ4n) is 2.35. The topological polar surface area (TPSA) is 46.3 Å². The minimum atomic E-state index is -0.335. The zero-order valence-electron chi connectivity index (χ0n) is 12.5. The lowest BCUT2D eigenvalue weighted by atomic mass is 9.79. The largest absolute Gasteiger partial charge is 0.442 e. The molecule has 0 spiro atoms. The van der Waals surface area contributed by atoms with Gasteiger partial charge in [0.1, 0.15) is 0 Å². The molecule has 1 aromatic heterocycles. The number of carbonyl (C=O) groups excluding carboxylic acids is 1. The third kappa shape index (κ3) is 2.44. The second kappa shape index (κ2) is 4.22. The van der Waals surface area contributed by atoms with Crippen LogP contribution in [0.4, 0.5) is 5.82 Å². The van der Waals surface area contributed by atoms with E-state index in [0.29, 0.717) is 11.6 Å². The Hall–Kier alpha value is -1.58. The minimum absolute atomic E-state index is 0.0731. The average Bonchev–Trinajstić information content (AvgIpc) is 2.57. The maximum absolute atomic E-state index is 12.9. The molecule has 104 valence electrons. The summed E-state index contributed by atoms with van der Waals surface area (Å²) in [5.41, 5.74) is -0.473. The van der Waals surface area contributed by atoms with Gasteiger partial charge in [0.2, 0.25) is 5.91 Å². The standard InChI is InChI=1S/C15H22N2O2/c1-14(2,3)10-7-8-11-12(16-9-19-11)17(13(10)18)15(4,5)6/h7-10H,1-6H3. The molecule has 0 bridgehead atoms. The van der Waals surface area contributed by atoms with Crippen molar-refractivity contribution in [3.63, 3.8) is 0 Å². The summed E-state index contributed by atoms with van der Waals surface area (Å²) < 4.78 is 5.38.